The maximum Gasteiger partial charge on any atom is 0.296 e. The predicted octanol–water partition coefficient (Wildman–Crippen LogP) is 6.68. The van der Waals surface area contributed by atoms with Crippen molar-refractivity contribution in [2.45, 2.75) is 23.1 Å². The van der Waals surface area contributed by atoms with Gasteiger partial charge in [-0.05, 0) is 30.2 Å². The Morgan fingerprint density at radius 2 is 1.85 bits per heavy atom. The molecule has 3 aromatic carbocycles. The van der Waals surface area contributed by atoms with Crippen LogP contribution in [0.25, 0.3) is 11.0 Å². The SMILES string of the molecule is COc1cccc2cc(C(=O)C3=C(O)C(=O)N(c4nnc(SCc5ccc(C)cc5)s4)C3c3ccccc3)oc12. The third-order valence-electron chi connectivity index (χ3n) is 6.60. The molecule has 3 heterocycles. The molecule has 0 bridgehead atoms. The Morgan fingerprint density at radius 3 is 2.60 bits per heavy atom. The van der Waals surface area contributed by atoms with Gasteiger partial charge in [0, 0.05) is 11.1 Å². The topological polar surface area (TPSA) is 106 Å². The maximum absolute atomic E-state index is 13.9. The lowest BCUT2D eigenvalue weighted by molar-refractivity contribution is -0.117. The van der Waals surface area contributed by atoms with E-state index in [2.05, 4.69) is 34.5 Å². The molecule has 8 nitrogen and oxygen atoms in total. The van der Waals surface area contributed by atoms with Crippen molar-refractivity contribution in [3.63, 3.8) is 0 Å². The van der Waals surface area contributed by atoms with Crippen LogP contribution < -0.4 is 9.64 Å². The molecule has 1 amide bonds. The molecule has 1 aliphatic heterocycles. The number of fused-ring (bicyclic) bond motifs is 1. The largest absolute Gasteiger partial charge is 0.503 e. The van der Waals surface area contributed by atoms with E-state index in [1.165, 1.54) is 40.7 Å². The summed E-state index contributed by atoms with van der Waals surface area (Å²) in [5.74, 6) is -0.814. The van der Waals surface area contributed by atoms with Gasteiger partial charge in [0.05, 0.1) is 18.7 Å². The van der Waals surface area contributed by atoms with E-state index in [9.17, 15) is 14.7 Å². The predicted molar refractivity (Wildman–Crippen MR) is 154 cm³/mol. The summed E-state index contributed by atoms with van der Waals surface area (Å²) in [6, 6.07) is 23.3. The van der Waals surface area contributed by atoms with E-state index >= 15 is 0 Å². The Hall–Kier alpha value is -4.41. The minimum Gasteiger partial charge on any atom is -0.503 e. The fourth-order valence-corrected chi connectivity index (χ4v) is 6.44. The van der Waals surface area contributed by atoms with Crippen LogP contribution in [-0.4, -0.2) is 34.1 Å². The number of hydrogen-bond acceptors (Lipinski definition) is 9. The first-order chi connectivity index (χ1) is 19.4. The second-order valence-corrected chi connectivity index (χ2v) is 11.4. The Bertz CT molecular complexity index is 1760. The summed E-state index contributed by atoms with van der Waals surface area (Å²) in [5.41, 5.74) is 3.29. The second kappa shape index (κ2) is 10.6. The Balaban J connectivity index is 1.35. The zero-order chi connectivity index (χ0) is 27.8. The molecule has 5 aromatic rings. The van der Waals surface area contributed by atoms with E-state index in [0.717, 1.165) is 5.56 Å². The monoisotopic (exact) mass is 569 g/mol. The van der Waals surface area contributed by atoms with Gasteiger partial charge in [0.1, 0.15) is 0 Å². The number of aliphatic hydroxyl groups excluding tert-OH is 1. The number of carbonyl (C=O) groups excluding carboxylic acids is 2. The number of benzene rings is 3. The van der Waals surface area contributed by atoms with Gasteiger partial charge in [0.2, 0.25) is 10.9 Å². The van der Waals surface area contributed by atoms with Crippen LogP contribution in [0.4, 0.5) is 5.13 Å². The molecule has 0 saturated carbocycles. The van der Waals surface area contributed by atoms with Crippen molar-refractivity contribution in [1.82, 2.24) is 10.2 Å². The van der Waals surface area contributed by atoms with Crippen LogP contribution in [0.5, 0.6) is 5.75 Å². The molecule has 0 saturated heterocycles. The van der Waals surface area contributed by atoms with Crippen LogP contribution in [0.1, 0.15) is 33.3 Å². The molecule has 6 rings (SSSR count). The van der Waals surface area contributed by atoms with Crippen LogP contribution >= 0.6 is 23.1 Å². The van der Waals surface area contributed by atoms with Crippen molar-refractivity contribution < 1.29 is 23.8 Å². The van der Waals surface area contributed by atoms with Crippen molar-refractivity contribution in [3.05, 3.63) is 113 Å². The highest BCUT2D eigenvalue weighted by molar-refractivity contribution is 8.00. The molecule has 1 aliphatic rings. The van der Waals surface area contributed by atoms with Crippen molar-refractivity contribution in [2.24, 2.45) is 0 Å². The van der Waals surface area contributed by atoms with Gasteiger partial charge in [0.15, 0.2) is 27.2 Å². The van der Waals surface area contributed by atoms with Gasteiger partial charge in [-0.15, -0.1) is 10.2 Å². The first-order valence-corrected chi connectivity index (χ1v) is 14.2. The number of ether oxygens (including phenoxy) is 1. The van der Waals surface area contributed by atoms with E-state index in [1.54, 1.807) is 36.4 Å². The number of aliphatic hydroxyl groups is 1. The number of Topliss-reactive ketones (excluding diaryl/α,β-unsaturated/α-hetero) is 1. The molecule has 10 heteroatoms. The number of carbonyl (C=O) groups is 2. The highest BCUT2D eigenvalue weighted by Gasteiger charge is 2.46. The average molecular weight is 570 g/mol. The Kier molecular flexibility index (Phi) is 6.87. The number of thioether (sulfide) groups is 1. The lowest BCUT2D eigenvalue weighted by atomic mass is 9.95. The molecule has 1 atom stereocenters. The highest BCUT2D eigenvalue weighted by Crippen LogP contribution is 2.44. The second-order valence-electron chi connectivity index (χ2n) is 9.19. The van der Waals surface area contributed by atoms with Gasteiger partial charge >= 0.3 is 0 Å². The number of furan rings is 1. The zero-order valence-corrected chi connectivity index (χ0v) is 23.2. The number of para-hydroxylation sites is 1. The standard InChI is InChI=1S/C30H23N3O5S2/c1-17-11-13-18(14-12-17)16-39-30-32-31-29(40-30)33-24(19-7-4-3-5-8-19)23(26(35)28(33)36)25(34)22-15-20-9-6-10-21(37-2)27(20)38-22/h3-15,24,35H,16H2,1-2H3. The molecule has 40 heavy (non-hydrogen) atoms. The summed E-state index contributed by atoms with van der Waals surface area (Å²) in [5, 5.41) is 20.6. The highest BCUT2D eigenvalue weighted by atomic mass is 32.2. The minimum absolute atomic E-state index is 0.0109. The van der Waals surface area contributed by atoms with Crippen molar-refractivity contribution in [2.75, 3.05) is 12.0 Å². The van der Waals surface area contributed by atoms with E-state index in [0.29, 0.717) is 32.4 Å². The summed E-state index contributed by atoms with van der Waals surface area (Å²) in [7, 11) is 1.52. The number of methoxy groups -OCH3 is 1. The quantitative estimate of drug-likeness (QED) is 0.125. The number of nitrogens with zero attached hydrogens (tertiary/aromatic N) is 3. The number of amides is 1. The third-order valence-corrected chi connectivity index (χ3v) is 8.73. The number of ketones is 1. The minimum atomic E-state index is -0.917. The number of hydrogen-bond donors (Lipinski definition) is 1. The van der Waals surface area contributed by atoms with Crippen LogP contribution in [-0.2, 0) is 10.5 Å². The van der Waals surface area contributed by atoms with Crippen LogP contribution in [0.3, 0.4) is 0 Å². The van der Waals surface area contributed by atoms with Crippen LogP contribution in [0.2, 0.25) is 0 Å². The van der Waals surface area contributed by atoms with E-state index < -0.39 is 23.5 Å². The van der Waals surface area contributed by atoms with Crippen molar-refractivity contribution >= 4 is 50.9 Å². The average Bonchev–Trinajstić information content (AvgIpc) is 3.69. The van der Waals surface area contributed by atoms with E-state index in [4.69, 9.17) is 9.15 Å². The molecule has 0 radical (unpaired) electrons. The molecule has 200 valence electrons. The number of rotatable bonds is 8. The van der Waals surface area contributed by atoms with Crippen molar-refractivity contribution in [3.8, 4) is 5.75 Å². The smallest absolute Gasteiger partial charge is 0.296 e. The van der Waals surface area contributed by atoms with Gasteiger partial charge in [-0.2, -0.15) is 0 Å². The summed E-state index contributed by atoms with van der Waals surface area (Å²) in [6.45, 7) is 2.04. The van der Waals surface area contributed by atoms with Gasteiger partial charge in [-0.3, -0.25) is 14.5 Å². The first kappa shape index (κ1) is 25.8. The molecule has 0 aliphatic carbocycles. The molecular formula is C30H23N3O5S2. The van der Waals surface area contributed by atoms with E-state index in [-0.39, 0.29) is 16.5 Å². The fraction of sp³-hybridized carbons (Fsp3) is 0.133. The summed E-state index contributed by atoms with van der Waals surface area (Å²) in [4.78, 5) is 28.7. The van der Waals surface area contributed by atoms with Gasteiger partial charge in [-0.1, -0.05) is 95.4 Å². The van der Waals surface area contributed by atoms with Crippen LogP contribution in [0.15, 0.2) is 99.0 Å². The molecule has 1 N–H and O–H groups in total. The normalized spacial score (nSPS) is 15.3. The Labute approximate surface area is 237 Å². The van der Waals surface area contributed by atoms with Gasteiger partial charge in [-0.25, -0.2) is 0 Å². The third kappa shape index (κ3) is 4.65. The summed E-state index contributed by atoms with van der Waals surface area (Å²) in [6.07, 6.45) is 0. The van der Waals surface area contributed by atoms with E-state index in [1.807, 2.05) is 25.1 Å². The molecule has 0 spiro atoms. The number of aryl methyl sites for hydroxylation is 1. The molecule has 2 aromatic heterocycles. The number of aromatic nitrogens is 2. The van der Waals surface area contributed by atoms with Gasteiger partial charge in [0.25, 0.3) is 5.91 Å². The van der Waals surface area contributed by atoms with Crippen LogP contribution in [0, 0.1) is 6.92 Å². The molecule has 1 unspecified atom stereocenters. The zero-order valence-electron chi connectivity index (χ0n) is 21.5. The lowest BCUT2D eigenvalue weighted by Gasteiger charge is -2.23. The van der Waals surface area contributed by atoms with Gasteiger partial charge < -0.3 is 14.3 Å². The lowest BCUT2D eigenvalue weighted by Crippen LogP contribution is -2.31. The van der Waals surface area contributed by atoms with Crippen molar-refractivity contribution in [1.29, 1.82) is 0 Å². The maximum atomic E-state index is 13.9. The molecule has 0 fully saturated rings. The summed E-state index contributed by atoms with van der Waals surface area (Å²) < 4.78 is 11.9. The molecular weight excluding hydrogens is 546 g/mol. The summed E-state index contributed by atoms with van der Waals surface area (Å²) >= 11 is 2.74. The first-order valence-electron chi connectivity index (χ1n) is 12.4. The number of anilines is 1. The fourth-order valence-electron chi connectivity index (χ4n) is 4.61. The Morgan fingerprint density at radius 1 is 1.07 bits per heavy atom.